The maximum Gasteiger partial charge on any atom is 0.164 e. The van der Waals surface area contributed by atoms with Crippen LogP contribution in [0.1, 0.15) is 12.2 Å². The summed E-state index contributed by atoms with van der Waals surface area (Å²) in [6, 6.07) is 3.70. The van der Waals surface area contributed by atoms with E-state index >= 15 is 0 Å². The van der Waals surface area contributed by atoms with Crippen molar-refractivity contribution < 1.29 is 13.5 Å². The van der Waals surface area contributed by atoms with E-state index in [9.17, 15) is 8.78 Å². The number of methoxy groups -OCH3 is 1. The van der Waals surface area contributed by atoms with Crippen LogP contribution in [0.4, 0.5) is 8.78 Å². The SMILES string of the molecule is C=C(CCc1nc(-c2c(F)cccc2F)n(C)n1)OC. The Hall–Kier alpha value is -2.24. The maximum absolute atomic E-state index is 13.7. The third-order valence-electron chi connectivity index (χ3n) is 2.91. The zero-order valence-electron chi connectivity index (χ0n) is 11.4. The summed E-state index contributed by atoms with van der Waals surface area (Å²) in [6.07, 6.45) is 1.05. The van der Waals surface area contributed by atoms with E-state index in [0.29, 0.717) is 24.4 Å². The van der Waals surface area contributed by atoms with Crippen LogP contribution in [0.2, 0.25) is 0 Å². The van der Waals surface area contributed by atoms with E-state index in [1.165, 1.54) is 30.0 Å². The molecule has 0 fully saturated rings. The van der Waals surface area contributed by atoms with Crippen molar-refractivity contribution in [2.75, 3.05) is 7.11 Å². The second kappa shape index (κ2) is 5.81. The molecule has 2 rings (SSSR count). The number of hydrogen-bond acceptors (Lipinski definition) is 3. The predicted octanol–water partition coefficient (Wildman–Crippen LogP) is 2.85. The first-order valence-electron chi connectivity index (χ1n) is 6.09. The van der Waals surface area contributed by atoms with Gasteiger partial charge in [0.25, 0.3) is 0 Å². The minimum absolute atomic E-state index is 0.165. The minimum atomic E-state index is -0.659. The minimum Gasteiger partial charge on any atom is -0.502 e. The molecule has 6 heteroatoms. The zero-order valence-corrected chi connectivity index (χ0v) is 11.4. The van der Waals surface area contributed by atoms with Gasteiger partial charge in [0.15, 0.2) is 11.6 Å². The highest BCUT2D eigenvalue weighted by molar-refractivity contribution is 5.57. The number of hydrogen-bond donors (Lipinski definition) is 0. The van der Waals surface area contributed by atoms with Gasteiger partial charge < -0.3 is 4.74 Å². The monoisotopic (exact) mass is 279 g/mol. The maximum atomic E-state index is 13.7. The van der Waals surface area contributed by atoms with Gasteiger partial charge >= 0.3 is 0 Å². The van der Waals surface area contributed by atoms with E-state index in [1.54, 1.807) is 7.05 Å². The van der Waals surface area contributed by atoms with Crippen molar-refractivity contribution in [3.05, 3.63) is 48.0 Å². The topological polar surface area (TPSA) is 39.9 Å². The number of allylic oxidation sites excluding steroid dienone is 1. The molecule has 0 N–H and O–H groups in total. The van der Waals surface area contributed by atoms with Gasteiger partial charge in [0.05, 0.1) is 18.4 Å². The predicted molar refractivity (Wildman–Crippen MR) is 70.8 cm³/mol. The van der Waals surface area contributed by atoms with Gasteiger partial charge in [0, 0.05) is 19.9 Å². The molecule has 2 aromatic rings. The van der Waals surface area contributed by atoms with Crippen LogP contribution in [0, 0.1) is 11.6 Å². The average Bonchev–Trinajstić information content (AvgIpc) is 2.77. The smallest absolute Gasteiger partial charge is 0.164 e. The molecule has 4 nitrogen and oxygen atoms in total. The third-order valence-corrected chi connectivity index (χ3v) is 2.91. The summed E-state index contributed by atoms with van der Waals surface area (Å²) in [4.78, 5) is 4.18. The van der Waals surface area contributed by atoms with Crippen molar-refractivity contribution in [3.63, 3.8) is 0 Å². The summed E-state index contributed by atoms with van der Waals surface area (Å²) >= 11 is 0. The van der Waals surface area contributed by atoms with Crippen LogP contribution in [0.3, 0.4) is 0 Å². The van der Waals surface area contributed by atoms with Gasteiger partial charge in [-0.1, -0.05) is 12.6 Å². The highest BCUT2D eigenvalue weighted by Gasteiger charge is 2.17. The van der Waals surface area contributed by atoms with E-state index in [2.05, 4.69) is 16.7 Å². The van der Waals surface area contributed by atoms with Gasteiger partial charge in [-0.05, 0) is 12.1 Å². The molecule has 0 unspecified atom stereocenters. The third kappa shape index (κ3) is 2.84. The van der Waals surface area contributed by atoms with Crippen molar-refractivity contribution >= 4 is 0 Å². The lowest BCUT2D eigenvalue weighted by molar-refractivity contribution is 0.278. The van der Waals surface area contributed by atoms with Crippen molar-refractivity contribution in [2.24, 2.45) is 7.05 Å². The van der Waals surface area contributed by atoms with Crippen molar-refractivity contribution in [1.29, 1.82) is 0 Å². The molecule has 0 bridgehead atoms. The van der Waals surface area contributed by atoms with Gasteiger partial charge in [0.1, 0.15) is 11.6 Å². The lowest BCUT2D eigenvalue weighted by Crippen LogP contribution is -1.99. The number of rotatable bonds is 5. The molecule has 1 heterocycles. The van der Waals surface area contributed by atoms with Crippen LogP contribution in [0.5, 0.6) is 0 Å². The number of aryl methyl sites for hydroxylation is 2. The number of benzene rings is 1. The Bertz CT molecular complexity index is 617. The molecule has 0 aliphatic heterocycles. The normalized spacial score (nSPS) is 10.6. The number of ether oxygens (including phenoxy) is 1. The van der Waals surface area contributed by atoms with E-state index in [-0.39, 0.29) is 11.4 Å². The molecule has 0 aliphatic rings. The van der Waals surface area contributed by atoms with E-state index < -0.39 is 11.6 Å². The van der Waals surface area contributed by atoms with E-state index in [1.807, 2.05) is 0 Å². The molecule has 0 aliphatic carbocycles. The Kier molecular flexibility index (Phi) is 4.12. The molecular weight excluding hydrogens is 264 g/mol. The molecule has 106 valence electrons. The van der Waals surface area contributed by atoms with Crippen LogP contribution in [-0.2, 0) is 18.2 Å². The van der Waals surface area contributed by atoms with Crippen molar-refractivity contribution in [2.45, 2.75) is 12.8 Å². The average molecular weight is 279 g/mol. The van der Waals surface area contributed by atoms with Crippen molar-refractivity contribution in [1.82, 2.24) is 14.8 Å². The summed E-state index contributed by atoms with van der Waals surface area (Å²) in [5.41, 5.74) is -0.167. The van der Waals surface area contributed by atoms with Crippen molar-refractivity contribution in [3.8, 4) is 11.4 Å². The molecule has 0 spiro atoms. The van der Waals surface area contributed by atoms with Crippen LogP contribution < -0.4 is 0 Å². The number of aromatic nitrogens is 3. The van der Waals surface area contributed by atoms with Crippen LogP contribution in [0.25, 0.3) is 11.4 Å². The van der Waals surface area contributed by atoms with E-state index in [4.69, 9.17) is 4.74 Å². The van der Waals surface area contributed by atoms with Gasteiger partial charge in [0.2, 0.25) is 0 Å². The summed E-state index contributed by atoms with van der Waals surface area (Å²) in [6.45, 7) is 3.70. The lowest BCUT2D eigenvalue weighted by Gasteiger charge is -2.02. The highest BCUT2D eigenvalue weighted by atomic mass is 19.1. The van der Waals surface area contributed by atoms with Gasteiger partial charge in [-0.2, -0.15) is 5.10 Å². The molecule has 0 saturated carbocycles. The van der Waals surface area contributed by atoms with Gasteiger partial charge in [-0.15, -0.1) is 0 Å². The fourth-order valence-corrected chi connectivity index (χ4v) is 1.83. The molecule has 0 amide bonds. The number of halogens is 2. The quantitative estimate of drug-likeness (QED) is 0.790. The Morgan fingerprint density at radius 3 is 2.60 bits per heavy atom. The molecule has 0 radical (unpaired) electrons. The Balaban J connectivity index is 2.30. The summed E-state index contributed by atoms with van der Waals surface area (Å²) in [5, 5.41) is 4.15. The Morgan fingerprint density at radius 2 is 2.00 bits per heavy atom. The summed E-state index contributed by atoms with van der Waals surface area (Å²) in [5.74, 6) is -0.0558. The zero-order chi connectivity index (χ0) is 14.7. The molecule has 1 aromatic carbocycles. The summed E-state index contributed by atoms with van der Waals surface area (Å²) < 4.78 is 33.8. The van der Waals surface area contributed by atoms with Gasteiger partial charge in [-0.25, -0.2) is 18.4 Å². The fourth-order valence-electron chi connectivity index (χ4n) is 1.83. The van der Waals surface area contributed by atoms with Crippen LogP contribution >= 0.6 is 0 Å². The van der Waals surface area contributed by atoms with Crippen LogP contribution in [0.15, 0.2) is 30.5 Å². The van der Waals surface area contributed by atoms with E-state index in [0.717, 1.165) is 0 Å². The first-order valence-corrected chi connectivity index (χ1v) is 6.09. The highest BCUT2D eigenvalue weighted by Crippen LogP contribution is 2.24. The Morgan fingerprint density at radius 1 is 1.35 bits per heavy atom. The second-order valence-corrected chi connectivity index (χ2v) is 4.31. The Labute approximate surface area is 115 Å². The van der Waals surface area contributed by atoms with Crippen LogP contribution in [-0.4, -0.2) is 21.9 Å². The lowest BCUT2D eigenvalue weighted by atomic mass is 10.2. The molecule has 0 saturated heterocycles. The standard InChI is InChI=1S/C14H15F2N3O/c1-9(20-3)7-8-12-17-14(19(2)18-12)13-10(15)5-4-6-11(13)16/h4-6H,1,7-8H2,2-3H3. The number of nitrogens with zero attached hydrogens (tertiary/aromatic N) is 3. The first-order chi connectivity index (χ1) is 9.52. The summed E-state index contributed by atoms with van der Waals surface area (Å²) in [7, 11) is 3.14. The molecule has 1 aromatic heterocycles. The largest absolute Gasteiger partial charge is 0.502 e. The molecular formula is C14H15F2N3O. The first kappa shape index (κ1) is 14.2. The fraction of sp³-hybridized carbons (Fsp3) is 0.286. The second-order valence-electron chi connectivity index (χ2n) is 4.31. The molecule has 20 heavy (non-hydrogen) atoms. The molecule has 0 atom stereocenters. The van der Waals surface area contributed by atoms with Gasteiger partial charge in [-0.3, -0.25) is 0 Å².